The molecular formula is C17H17N3O3S. The molecule has 0 unspecified atom stereocenters. The predicted molar refractivity (Wildman–Crippen MR) is 93.4 cm³/mol. The van der Waals surface area contributed by atoms with Crippen molar-refractivity contribution in [2.24, 2.45) is 4.99 Å². The second kappa shape index (κ2) is 7.74. The summed E-state index contributed by atoms with van der Waals surface area (Å²) in [6.45, 7) is 2.82. The van der Waals surface area contributed by atoms with Crippen LogP contribution in [0.15, 0.2) is 45.3 Å². The van der Waals surface area contributed by atoms with E-state index in [-0.39, 0.29) is 11.6 Å². The third-order valence-electron chi connectivity index (χ3n) is 3.22. The molecule has 0 spiro atoms. The first-order chi connectivity index (χ1) is 11.8. The molecular weight excluding hydrogens is 326 g/mol. The molecule has 2 heterocycles. The Bertz CT molecular complexity index is 795. The Hall–Kier alpha value is -2.67. The first-order valence-electron chi connectivity index (χ1n) is 7.63. The number of rotatable bonds is 7. The number of aromatic hydroxyl groups is 1. The first-order valence-corrected chi connectivity index (χ1v) is 8.51. The van der Waals surface area contributed by atoms with E-state index in [1.807, 2.05) is 29.6 Å². The Kier molecular flexibility index (Phi) is 5.22. The number of hydrogen-bond acceptors (Lipinski definition) is 7. The van der Waals surface area contributed by atoms with Gasteiger partial charge in [0.2, 0.25) is 11.0 Å². The fraction of sp³-hybridized carbons (Fsp3) is 0.235. The van der Waals surface area contributed by atoms with Crippen molar-refractivity contribution in [3.05, 3.63) is 41.5 Å². The van der Waals surface area contributed by atoms with Crippen molar-refractivity contribution in [3.8, 4) is 23.1 Å². The van der Waals surface area contributed by atoms with Crippen molar-refractivity contribution < 1.29 is 14.3 Å². The number of unbranched alkanes of at least 4 members (excludes halogenated alkanes) is 1. The van der Waals surface area contributed by atoms with Crippen LogP contribution in [0.4, 0.5) is 5.13 Å². The van der Waals surface area contributed by atoms with E-state index >= 15 is 0 Å². The zero-order valence-electron chi connectivity index (χ0n) is 13.2. The minimum absolute atomic E-state index is 0.267. The Morgan fingerprint density at radius 1 is 1.33 bits per heavy atom. The fourth-order valence-electron chi connectivity index (χ4n) is 1.96. The number of thiazole rings is 1. The molecule has 0 saturated heterocycles. The van der Waals surface area contributed by atoms with Crippen LogP contribution >= 0.6 is 11.3 Å². The molecule has 0 aliphatic carbocycles. The molecule has 6 nitrogen and oxygen atoms in total. The predicted octanol–water partition coefficient (Wildman–Crippen LogP) is 4.43. The van der Waals surface area contributed by atoms with Gasteiger partial charge in [0.1, 0.15) is 5.75 Å². The smallest absolute Gasteiger partial charge is 0.312 e. The SMILES string of the molecule is CCCCOc1ccc(-c2nc(/C=N/c3nccs3)c(O)o2)cc1. The fourth-order valence-corrected chi connectivity index (χ4v) is 2.43. The third kappa shape index (κ3) is 3.99. The normalized spacial score (nSPS) is 11.2. The van der Waals surface area contributed by atoms with E-state index in [4.69, 9.17) is 9.15 Å². The molecule has 7 heteroatoms. The van der Waals surface area contributed by atoms with Crippen molar-refractivity contribution in [2.75, 3.05) is 6.61 Å². The molecule has 124 valence electrons. The molecule has 24 heavy (non-hydrogen) atoms. The van der Waals surface area contributed by atoms with Gasteiger partial charge in [-0.2, -0.15) is 0 Å². The lowest BCUT2D eigenvalue weighted by Gasteiger charge is -2.05. The molecule has 3 rings (SSSR count). The van der Waals surface area contributed by atoms with Gasteiger partial charge in [-0.05, 0) is 30.7 Å². The summed E-state index contributed by atoms with van der Waals surface area (Å²) in [7, 11) is 0. The lowest BCUT2D eigenvalue weighted by Crippen LogP contribution is -1.95. The summed E-state index contributed by atoms with van der Waals surface area (Å²) in [6, 6.07) is 7.40. The van der Waals surface area contributed by atoms with Gasteiger partial charge < -0.3 is 14.3 Å². The molecule has 1 aromatic carbocycles. The molecule has 0 atom stereocenters. The molecule has 2 aromatic heterocycles. The Morgan fingerprint density at radius 3 is 2.88 bits per heavy atom. The zero-order chi connectivity index (χ0) is 16.8. The number of oxazole rings is 1. The highest BCUT2D eigenvalue weighted by Gasteiger charge is 2.12. The maximum atomic E-state index is 9.86. The number of aromatic nitrogens is 2. The van der Waals surface area contributed by atoms with Crippen LogP contribution in [0.2, 0.25) is 0 Å². The van der Waals surface area contributed by atoms with E-state index in [0.717, 1.165) is 24.2 Å². The summed E-state index contributed by atoms with van der Waals surface area (Å²) < 4.78 is 10.9. The van der Waals surface area contributed by atoms with E-state index in [2.05, 4.69) is 21.9 Å². The van der Waals surface area contributed by atoms with Gasteiger partial charge in [0, 0.05) is 17.1 Å². The van der Waals surface area contributed by atoms with Crippen LogP contribution < -0.4 is 4.74 Å². The van der Waals surface area contributed by atoms with Gasteiger partial charge >= 0.3 is 5.95 Å². The topological polar surface area (TPSA) is 80.7 Å². The van der Waals surface area contributed by atoms with Gasteiger partial charge in [-0.15, -0.1) is 11.3 Å². The van der Waals surface area contributed by atoms with Crippen LogP contribution in [0.3, 0.4) is 0 Å². The van der Waals surface area contributed by atoms with Gasteiger partial charge in [-0.1, -0.05) is 13.3 Å². The highest BCUT2D eigenvalue weighted by molar-refractivity contribution is 7.13. The van der Waals surface area contributed by atoms with E-state index < -0.39 is 0 Å². The van der Waals surface area contributed by atoms with Gasteiger partial charge in [0.15, 0.2) is 5.69 Å². The molecule has 3 aromatic rings. The number of nitrogens with zero attached hydrogens (tertiary/aromatic N) is 3. The van der Waals surface area contributed by atoms with Crippen LogP contribution in [0, 0.1) is 0 Å². The Morgan fingerprint density at radius 2 is 2.17 bits per heavy atom. The highest BCUT2D eigenvalue weighted by atomic mass is 32.1. The second-order valence-electron chi connectivity index (χ2n) is 5.01. The minimum atomic E-state index is -0.270. The van der Waals surface area contributed by atoms with Gasteiger partial charge in [0.05, 0.1) is 12.8 Å². The maximum Gasteiger partial charge on any atom is 0.312 e. The van der Waals surface area contributed by atoms with Gasteiger partial charge in [-0.3, -0.25) is 0 Å². The Labute approximate surface area is 143 Å². The number of aliphatic imine (C=N–C) groups is 1. The van der Waals surface area contributed by atoms with Crippen LogP contribution in [0.1, 0.15) is 25.5 Å². The van der Waals surface area contributed by atoms with Crippen molar-refractivity contribution in [1.29, 1.82) is 0 Å². The lowest BCUT2D eigenvalue weighted by atomic mass is 10.2. The summed E-state index contributed by atoms with van der Waals surface area (Å²) >= 11 is 1.40. The van der Waals surface area contributed by atoms with Crippen LogP contribution in [0.5, 0.6) is 11.7 Å². The van der Waals surface area contributed by atoms with Crippen molar-refractivity contribution >= 4 is 22.7 Å². The summed E-state index contributed by atoms with van der Waals surface area (Å²) in [6.07, 6.45) is 5.22. The second-order valence-corrected chi connectivity index (χ2v) is 5.88. The Balaban J connectivity index is 1.72. The summed E-state index contributed by atoms with van der Waals surface area (Å²) in [5.74, 6) is 0.857. The van der Waals surface area contributed by atoms with Gasteiger partial charge in [0.25, 0.3) is 0 Å². The van der Waals surface area contributed by atoms with Crippen molar-refractivity contribution in [3.63, 3.8) is 0 Å². The molecule has 0 aliphatic rings. The van der Waals surface area contributed by atoms with E-state index in [1.54, 1.807) is 6.20 Å². The van der Waals surface area contributed by atoms with Crippen molar-refractivity contribution in [2.45, 2.75) is 19.8 Å². The van der Waals surface area contributed by atoms with E-state index in [1.165, 1.54) is 17.6 Å². The third-order valence-corrected chi connectivity index (χ3v) is 3.90. The highest BCUT2D eigenvalue weighted by Crippen LogP contribution is 2.27. The molecule has 1 N–H and O–H groups in total. The largest absolute Gasteiger partial charge is 0.494 e. The monoisotopic (exact) mass is 343 g/mol. The maximum absolute atomic E-state index is 9.86. The zero-order valence-corrected chi connectivity index (χ0v) is 14.0. The summed E-state index contributed by atoms with van der Waals surface area (Å²) in [5.41, 5.74) is 1.02. The summed E-state index contributed by atoms with van der Waals surface area (Å²) in [4.78, 5) is 12.4. The number of benzene rings is 1. The summed E-state index contributed by atoms with van der Waals surface area (Å²) in [5, 5.41) is 12.3. The number of hydrogen-bond donors (Lipinski definition) is 1. The van der Waals surface area contributed by atoms with Crippen molar-refractivity contribution in [1.82, 2.24) is 9.97 Å². The first kappa shape index (κ1) is 16.2. The van der Waals surface area contributed by atoms with E-state index in [0.29, 0.717) is 17.6 Å². The molecule has 0 saturated carbocycles. The lowest BCUT2D eigenvalue weighted by molar-refractivity contribution is 0.309. The molecule has 0 amide bonds. The van der Waals surface area contributed by atoms with E-state index in [9.17, 15) is 5.11 Å². The standard InChI is InChI=1S/C17H17N3O3S/c1-2-3-9-22-13-6-4-12(5-7-13)15-20-14(16(21)23-15)11-19-17-18-8-10-24-17/h4-8,10-11,21H,2-3,9H2,1H3/b19-11+. The average Bonchev–Trinajstić information content (AvgIpc) is 3.23. The van der Waals surface area contributed by atoms with Crippen LogP contribution in [-0.4, -0.2) is 27.9 Å². The molecule has 0 fully saturated rings. The molecule has 0 aliphatic heterocycles. The van der Waals surface area contributed by atoms with Gasteiger partial charge in [-0.25, -0.2) is 15.0 Å². The molecule has 0 radical (unpaired) electrons. The quantitative estimate of drug-likeness (QED) is 0.507. The minimum Gasteiger partial charge on any atom is -0.494 e. The number of ether oxygens (including phenoxy) is 1. The molecule has 0 bridgehead atoms. The van der Waals surface area contributed by atoms with Crippen LogP contribution in [-0.2, 0) is 0 Å². The van der Waals surface area contributed by atoms with Crippen LogP contribution in [0.25, 0.3) is 11.5 Å². The average molecular weight is 343 g/mol.